The van der Waals surface area contributed by atoms with Crippen LogP contribution >= 0.6 is 34.0 Å². The molecule has 0 amide bonds. The topological polar surface area (TPSA) is 37.4 Å². The van der Waals surface area contributed by atoms with Crippen LogP contribution in [0.5, 0.6) is 0 Å². The van der Waals surface area contributed by atoms with Gasteiger partial charge in [0.05, 0.1) is 47.6 Å². The van der Waals surface area contributed by atoms with E-state index in [0.29, 0.717) is 5.56 Å². The monoisotopic (exact) mass is 1140 g/mol. The molecule has 16 aromatic rings. The maximum Gasteiger partial charge on any atom is 0.213 e. The molecule has 0 atom stereocenters. The second-order valence-corrected chi connectivity index (χ2v) is 25.7. The van der Waals surface area contributed by atoms with Gasteiger partial charge < -0.3 is 0 Å². The Labute approximate surface area is 505 Å². The van der Waals surface area contributed by atoms with E-state index in [1.807, 2.05) is 47.8 Å². The van der Waals surface area contributed by atoms with Crippen molar-refractivity contribution in [3.63, 3.8) is 0 Å². The Morgan fingerprint density at radius 2 is 0.833 bits per heavy atom. The molecule has 0 saturated heterocycles. The Kier molecular flexibility index (Phi) is 12.6. The standard InChI is InChI=1S/C30H24NS.C24H21N2S.C22H17N2S/c1-19-9-12-25(20(2)13-19)28-17-30-27(18-31(28)3)26-15-23-11-10-22(21-7-5-4-6-8-21)14-24(23)16-29(26)32-30;1-14-5-7-18(16(3)9-14)21-12-22-19(13-26(21)4)24-23(27-22)11-17-10-15(2)6-8-20(17)25-24;1-14-7-3-5-9-16(14)19-12-20-17(13-24(19)2)22-21(25-20)11-15-8-4-6-10-18(15)23-22/h4-18H,1-3H3;5-13H,1-4H3;3-13H,1-2H3/q3*+1/i1D3;;. The van der Waals surface area contributed by atoms with E-state index in [-0.39, 0.29) is 0 Å². The largest absolute Gasteiger partial charge is 0.246 e. The number of pyridine rings is 5. The zero-order valence-corrected chi connectivity index (χ0v) is 50.6. The first-order chi connectivity index (χ1) is 42.0. The summed E-state index contributed by atoms with van der Waals surface area (Å²) in [5, 5.41) is 9.85. The van der Waals surface area contributed by atoms with Crippen LogP contribution in [0.3, 0.4) is 0 Å². The molecule has 5 nitrogen and oxygen atoms in total. The van der Waals surface area contributed by atoms with E-state index in [1.165, 1.54) is 127 Å². The van der Waals surface area contributed by atoms with Gasteiger partial charge in [-0.15, -0.1) is 34.0 Å². The molecule has 406 valence electrons. The van der Waals surface area contributed by atoms with Crippen molar-refractivity contribution in [1.82, 2.24) is 9.97 Å². The minimum atomic E-state index is -2.09. The molecule has 8 aromatic carbocycles. The molecular weight excluding hydrogens is 1080 g/mol. The number of nitrogens with zero attached hydrogens (tertiary/aromatic N) is 5. The van der Waals surface area contributed by atoms with Crippen LogP contribution in [0, 0.1) is 41.5 Å². The zero-order chi connectivity index (χ0) is 60.0. The molecule has 16 rings (SSSR count). The van der Waals surface area contributed by atoms with Crippen LogP contribution in [-0.4, -0.2) is 9.97 Å². The third-order valence-corrected chi connectivity index (χ3v) is 19.7. The average Bonchev–Trinajstić information content (AvgIpc) is 1.73. The first kappa shape index (κ1) is 49.5. The highest BCUT2D eigenvalue weighted by Crippen LogP contribution is 2.41. The maximum absolute atomic E-state index is 7.71. The summed E-state index contributed by atoms with van der Waals surface area (Å²) in [6, 6.07) is 68.6. The van der Waals surface area contributed by atoms with Crippen LogP contribution in [0.2, 0.25) is 0 Å². The van der Waals surface area contributed by atoms with Gasteiger partial charge in [0.25, 0.3) is 0 Å². The van der Waals surface area contributed by atoms with Gasteiger partial charge in [-0.1, -0.05) is 126 Å². The number of fused-ring (bicyclic) bond motifs is 12. The molecule has 0 saturated carbocycles. The smallest absolute Gasteiger partial charge is 0.213 e. The highest BCUT2D eigenvalue weighted by molar-refractivity contribution is 7.26. The van der Waals surface area contributed by atoms with Crippen molar-refractivity contribution in [3.05, 3.63) is 246 Å². The van der Waals surface area contributed by atoms with Gasteiger partial charge in [-0.05, 0) is 147 Å². The Morgan fingerprint density at radius 1 is 0.333 bits per heavy atom. The minimum Gasteiger partial charge on any atom is -0.246 e. The summed E-state index contributed by atoms with van der Waals surface area (Å²) in [6.45, 7) is 8.52. The first-order valence-electron chi connectivity index (χ1n) is 29.8. The van der Waals surface area contributed by atoms with Gasteiger partial charge in [-0.3, -0.25) is 0 Å². The molecular formula is C76H62N5S3+3. The highest BCUT2D eigenvalue weighted by atomic mass is 32.1. The molecule has 84 heavy (non-hydrogen) atoms. The van der Waals surface area contributed by atoms with Crippen molar-refractivity contribution in [3.8, 4) is 44.9 Å². The lowest BCUT2D eigenvalue weighted by molar-refractivity contribution is -0.659. The second-order valence-electron chi connectivity index (χ2n) is 22.4. The highest BCUT2D eigenvalue weighted by Gasteiger charge is 2.22. The van der Waals surface area contributed by atoms with Crippen LogP contribution in [0.25, 0.3) is 138 Å². The van der Waals surface area contributed by atoms with Crippen LogP contribution in [0.4, 0.5) is 0 Å². The van der Waals surface area contributed by atoms with Crippen molar-refractivity contribution in [2.24, 2.45) is 21.1 Å². The van der Waals surface area contributed by atoms with Gasteiger partial charge in [0.1, 0.15) is 21.1 Å². The molecule has 0 aliphatic rings. The van der Waals surface area contributed by atoms with E-state index in [0.717, 1.165) is 38.9 Å². The lowest BCUT2D eigenvalue weighted by Crippen LogP contribution is -2.30. The van der Waals surface area contributed by atoms with Crippen LogP contribution < -0.4 is 13.7 Å². The molecule has 0 aliphatic carbocycles. The summed E-state index contributed by atoms with van der Waals surface area (Å²) in [5.74, 6) is 0. The van der Waals surface area contributed by atoms with E-state index in [9.17, 15) is 0 Å². The third-order valence-electron chi connectivity index (χ3n) is 16.4. The SMILES string of the molecule is Cc1ccc(-c2cc3sc4cc5cc(C)ccc5nc4c3c[n+]2C)c(C)c1.Cc1ccccc1-c1cc2sc3cc4ccccc4nc3c2c[n+]1C.[2H]C([2H])([2H])c1ccc(-c2cc3sc4cc5cc(-c6ccccc6)ccc5cc4c3c[n+]2C)c(C)c1. The molecule has 8 heterocycles. The molecule has 0 spiro atoms. The fourth-order valence-electron chi connectivity index (χ4n) is 12.1. The summed E-state index contributed by atoms with van der Waals surface area (Å²) in [6.07, 6.45) is 6.65. The molecule has 0 aliphatic heterocycles. The normalized spacial score (nSPS) is 12.3. The van der Waals surface area contributed by atoms with Gasteiger partial charge >= 0.3 is 0 Å². The van der Waals surface area contributed by atoms with E-state index >= 15 is 0 Å². The summed E-state index contributed by atoms with van der Waals surface area (Å²) in [7, 11) is 6.30. The quantitative estimate of drug-likeness (QED) is 0.165. The van der Waals surface area contributed by atoms with Gasteiger partial charge in [0.15, 0.2) is 18.6 Å². The predicted octanol–water partition coefficient (Wildman–Crippen LogP) is 19.4. The van der Waals surface area contributed by atoms with E-state index in [4.69, 9.17) is 14.1 Å². The number of aromatic nitrogens is 5. The van der Waals surface area contributed by atoms with Crippen molar-refractivity contribution in [2.75, 3.05) is 0 Å². The van der Waals surface area contributed by atoms with Crippen molar-refractivity contribution < 1.29 is 17.8 Å². The number of rotatable bonds is 4. The van der Waals surface area contributed by atoms with Gasteiger partial charge in [0.2, 0.25) is 17.1 Å². The molecule has 0 fully saturated rings. The molecule has 0 N–H and O–H groups in total. The zero-order valence-electron chi connectivity index (χ0n) is 51.2. The average molecular weight is 1140 g/mol. The van der Waals surface area contributed by atoms with E-state index < -0.39 is 6.85 Å². The lowest BCUT2D eigenvalue weighted by atomic mass is 9.99. The summed E-state index contributed by atoms with van der Waals surface area (Å²) < 4.78 is 37.3. The molecule has 0 radical (unpaired) electrons. The Bertz CT molecular complexity index is 5450. The van der Waals surface area contributed by atoms with Crippen molar-refractivity contribution in [2.45, 2.75) is 41.5 Å². The summed E-state index contributed by atoms with van der Waals surface area (Å²) in [4.78, 5) is 9.90. The molecule has 0 bridgehead atoms. The minimum absolute atomic E-state index is 0.380. The number of aryl methyl sites for hydroxylation is 9. The fraction of sp³-hybridized carbons (Fsp3) is 0.118. The van der Waals surface area contributed by atoms with Crippen molar-refractivity contribution in [1.29, 1.82) is 0 Å². The van der Waals surface area contributed by atoms with Gasteiger partial charge in [-0.25, -0.2) is 23.7 Å². The number of para-hydroxylation sites is 1. The third kappa shape index (κ3) is 9.74. The van der Waals surface area contributed by atoms with Gasteiger partial charge in [-0.2, -0.15) is 0 Å². The number of hydrogen-bond acceptors (Lipinski definition) is 5. The molecule has 8 heteroatoms. The number of thiophene rings is 3. The van der Waals surface area contributed by atoms with Crippen molar-refractivity contribution >= 4 is 127 Å². The Morgan fingerprint density at radius 3 is 1.49 bits per heavy atom. The number of hydrogen-bond donors (Lipinski definition) is 0. The van der Waals surface area contributed by atoms with Crippen LogP contribution in [0.1, 0.15) is 37.5 Å². The van der Waals surface area contributed by atoms with Crippen LogP contribution in [-0.2, 0) is 21.1 Å². The first-order valence-corrected chi connectivity index (χ1v) is 30.8. The van der Waals surface area contributed by atoms with Gasteiger partial charge in [0, 0.05) is 74.0 Å². The maximum atomic E-state index is 7.71. The summed E-state index contributed by atoms with van der Waals surface area (Å²) in [5.41, 5.74) is 20.5. The number of benzene rings is 8. The van der Waals surface area contributed by atoms with E-state index in [2.05, 4.69) is 245 Å². The van der Waals surface area contributed by atoms with E-state index in [1.54, 1.807) is 23.5 Å². The van der Waals surface area contributed by atoms with Crippen LogP contribution in [0.15, 0.2) is 213 Å². The summed E-state index contributed by atoms with van der Waals surface area (Å²) >= 11 is 5.46. The molecule has 8 aromatic heterocycles. The Hall–Kier alpha value is -9.05. The predicted molar refractivity (Wildman–Crippen MR) is 360 cm³/mol. The Balaban J connectivity index is 0.000000117. The lowest BCUT2D eigenvalue weighted by Gasteiger charge is -2.06. The fourth-order valence-corrected chi connectivity index (χ4v) is 15.4. The molecule has 0 unspecified atom stereocenters. The second kappa shape index (κ2) is 21.3.